The second-order valence-corrected chi connectivity index (χ2v) is 8.86. The molecule has 1 saturated carbocycles. The van der Waals surface area contributed by atoms with Crippen LogP contribution in [0.5, 0.6) is 0 Å². The van der Waals surface area contributed by atoms with Gasteiger partial charge < -0.3 is 5.32 Å². The van der Waals surface area contributed by atoms with Crippen LogP contribution in [0.4, 0.5) is 4.79 Å². The number of carbonyl (C=O) groups is 3. The number of hydrogen-bond acceptors (Lipinski definition) is 4. The summed E-state index contributed by atoms with van der Waals surface area (Å²) in [4.78, 5) is 37.9. The van der Waals surface area contributed by atoms with E-state index in [0.29, 0.717) is 19.3 Å². The number of urea groups is 1. The highest BCUT2D eigenvalue weighted by molar-refractivity contribution is 9.11. The van der Waals surface area contributed by atoms with Crippen LogP contribution in [-0.4, -0.2) is 28.4 Å². The number of rotatable bonds is 5. The van der Waals surface area contributed by atoms with Crippen LogP contribution in [0, 0.1) is 0 Å². The molecule has 130 valence electrons. The van der Waals surface area contributed by atoms with Gasteiger partial charge in [0.2, 0.25) is 5.91 Å². The Morgan fingerprint density at radius 1 is 1.29 bits per heavy atom. The van der Waals surface area contributed by atoms with Gasteiger partial charge in [0.05, 0.1) is 3.79 Å². The van der Waals surface area contributed by atoms with E-state index >= 15 is 0 Å². The van der Waals surface area contributed by atoms with E-state index < -0.39 is 11.6 Å². The van der Waals surface area contributed by atoms with Crippen molar-refractivity contribution in [3.8, 4) is 0 Å². The van der Waals surface area contributed by atoms with E-state index in [0.717, 1.165) is 34.5 Å². The summed E-state index contributed by atoms with van der Waals surface area (Å²) >= 11 is 5.05. The number of aryl methyl sites for hydroxylation is 1. The number of imide groups is 1. The predicted molar refractivity (Wildman–Crippen MR) is 94.3 cm³/mol. The summed E-state index contributed by atoms with van der Waals surface area (Å²) in [5, 5.41) is 3.65. The Morgan fingerprint density at radius 2 is 2.04 bits per heavy atom. The molecule has 6 nitrogen and oxygen atoms in total. The van der Waals surface area contributed by atoms with Crippen molar-refractivity contribution in [2.75, 3.05) is 0 Å². The van der Waals surface area contributed by atoms with Gasteiger partial charge in [-0.05, 0) is 53.7 Å². The summed E-state index contributed by atoms with van der Waals surface area (Å²) < 4.78 is 1.07. The molecule has 1 aliphatic heterocycles. The number of nitrogens with one attached hydrogen (secondary N) is 2. The molecule has 0 unspecified atom stereocenters. The van der Waals surface area contributed by atoms with Crippen molar-refractivity contribution >= 4 is 45.1 Å². The van der Waals surface area contributed by atoms with E-state index in [-0.39, 0.29) is 18.2 Å². The average Bonchev–Trinajstić information content (AvgIpc) is 3.06. The number of thiophene rings is 1. The highest BCUT2D eigenvalue weighted by atomic mass is 79.9. The SMILES string of the molecule is O=C(CCCc1ccc(Br)s1)NN1C(=O)NC2(CCCCC2)C1=O. The van der Waals surface area contributed by atoms with Gasteiger partial charge in [-0.3, -0.25) is 15.0 Å². The molecule has 1 aliphatic carbocycles. The minimum absolute atomic E-state index is 0.277. The van der Waals surface area contributed by atoms with E-state index in [4.69, 9.17) is 0 Å². The van der Waals surface area contributed by atoms with Crippen LogP contribution >= 0.6 is 27.3 Å². The quantitative estimate of drug-likeness (QED) is 0.727. The highest BCUT2D eigenvalue weighted by Crippen LogP contribution is 2.33. The van der Waals surface area contributed by atoms with Crippen molar-refractivity contribution in [3.05, 3.63) is 20.8 Å². The van der Waals surface area contributed by atoms with Gasteiger partial charge in [0.15, 0.2) is 0 Å². The molecule has 1 spiro atoms. The minimum atomic E-state index is -0.800. The number of halogens is 1. The average molecular weight is 414 g/mol. The lowest BCUT2D eigenvalue weighted by Crippen LogP contribution is -2.50. The summed E-state index contributed by atoms with van der Waals surface area (Å²) in [5.41, 5.74) is 1.67. The summed E-state index contributed by atoms with van der Waals surface area (Å²) in [6.07, 6.45) is 5.97. The Morgan fingerprint density at radius 3 is 2.71 bits per heavy atom. The molecule has 2 aliphatic rings. The van der Waals surface area contributed by atoms with Gasteiger partial charge >= 0.3 is 6.03 Å². The molecule has 1 saturated heterocycles. The standard InChI is InChI=1S/C16H20BrN3O3S/c17-12-8-7-11(24-12)5-4-6-13(21)19-20-14(22)16(18-15(20)23)9-2-1-3-10-16/h7-8H,1-6,9-10H2,(H,18,23)(H,19,21). The summed E-state index contributed by atoms with van der Waals surface area (Å²) in [5.74, 6) is -0.621. The molecule has 2 heterocycles. The molecule has 0 atom stereocenters. The number of hydrazine groups is 1. The molecule has 0 radical (unpaired) electrons. The summed E-state index contributed by atoms with van der Waals surface area (Å²) in [6, 6.07) is 3.49. The van der Waals surface area contributed by atoms with Gasteiger partial charge in [0.25, 0.3) is 5.91 Å². The van der Waals surface area contributed by atoms with Crippen molar-refractivity contribution in [1.82, 2.24) is 15.8 Å². The monoisotopic (exact) mass is 413 g/mol. The zero-order valence-electron chi connectivity index (χ0n) is 13.3. The van der Waals surface area contributed by atoms with Crippen molar-refractivity contribution in [3.63, 3.8) is 0 Å². The normalized spacial score (nSPS) is 19.6. The molecular formula is C16H20BrN3O3S. The second kappa shape index (κ2) is 7.23. The lowest BCUT2D eigenvalue weighted by Gasteiger charge is -2.30. The van der Waals surface area contributed by atoms with Crippen molar-refractivity contribution in [1.29, 1.82) is 0 Å². The van der Waals surface area contributed by atoms with Crippen LogP contribution in [0.15, 0.2) is 15.9 Å². The third kappa shape index (κ3) is 3.64. The van der Waals surface area contributed by atoms with Gasteiger partial charge in [0, 0.05) is 11.3 Å². The molecule has 0 bridgehead atoms. The first-order valence-corrected chi connectivity index (χ1v) is 9.81. The van der Waals surface area contributed by atoms with Gasteiger partial charge in [-0.15, -0.1) is 11.3 Å². The second-order valence-electron chi connectivity index (χ2n) is 6.31. The van der Waals surface area contributed by atoms with Crippen LogP contribution in [0.25, 0.3) is 0 Å². The van der Waals surface area contributed by atoms with Crippen LogP contribution in [0.2, 0.25) is 0 Å². The molecule has 2 fully saturated rings. The van der Waals surface area contributed by atoms with Crippen LogP contribution in [0.3, 0.4) is 0 Å². The fraction of sp³-hybridized carbons (Fsp3) is 0.562. The maximum absolute atomic E-state index is 12.6. The van der Waals surface area contributed by atoms with Gasteiger partial charge in [-0.25, -0.2) is 4.79 Å². The zero-order valence-corrected chi connectivity index (χ0v) is 15.7. The molecule has 3 rings (SSSR count). The Kier molecular flexibility index (Phi) is 5.24. The number of hydrogen-bond donors (Lipinski definition) is 2. The fourth-order valence-electron chi connectivity index (χ4n) is 3.31. The smallest absolute Gasteiger partial charge is 0.322 e. The van der Waals surface area contributed by atoms with E-state index in [1.165, 1.54) is 4.88 Å². The third-order valence-corrected chi connectivity index (χ3v) is 6.24. The molecule has 0 aromatic carbocycles. The Bertz CT molecular complexity index is 655. The molecule has 1 aromatic rings. The first kappa shape index (κ1) is 17.4. The van der Waals surface area contributed by atoms with E-state index in [1.54, 1.807) is 11.3 Å². The van der Waals surface area contributed by atoms with Crippen molar-refractivity contribution in [2.24, 2.45) is 0 Å². The van der Waals surface area contributed by atoms with Gasteiger partial charge in [-0.2, -0.15) is 5.01 Å². The topological polar surface area (TPSA) is 78.5 Å². The van der Waals surface area contributed by atoms with Crippen molar-refractivity contribution in [2.45, 2.75) is 56.9 Å². The Labute approximate surface area is 153 Å². The molecule has 8 heteroatoms. The van der Waals surface area contributed by atoms with E-state index in [2.05, 4.69) is 26.7 Å². The third-order valence-electron chi connectivity index (χ3n) is 4.56. The molecule has 24 heavy (non-hydrogen) atoms. The molecule has 2 N–H and O–H groups in total. The van der Waals surface area contributed by atoms with Gasteiger partial charge in [0.1, 0.15) is 5.54 Å². The van der Waals surface area contributed by atoms with Crippen LogP contribution in [0.1, 0.15) is 49.8 Å². The number of nitrogens with zero attached hydrogens (tertiary/aromatic N) is 1. The minimum Gasteiger partial charge on any atom is -0.322 e. The van der Waals surface area contributed by atoms with Gasteiger partial charge in [-0.1, -0.05) is 19.3 Å². The predicted octanol–water partition coefficient (Wildman–Crippen LogP) is 3.12. The largest absolute Gasteiger partial charge is 0.344 e. The molecule has 4 amide bonds. The molecular weight excluding hydrogens is 394 g/mol. The Balaban J connectivity index is 1.50. The number of amides is 4. The van der Waals surface area contributed by atoms with Crippen LogP contribution < -0.4 is 10.7 Å². The maximum Gasteiger partial charge on any atom is 0.344 e. The van der Waals surface area contributed by atoms with Crippen molar-refractivity contribution < 1.29 is 14.4 Å². The number of carbonyl (C=O) groups excluding carboxylic acids is 3. The first-order chi connectivity index (χ1) is 11.5. The fourth-order valence-corrected chi connectivity index (χ4v) is 4.83. The lowest BCUT2D eigenvalue weighted by molar-refractivity contribution is -0.139. The maximum atomic E-state index is 12.6. The van der Waals surface area contributed by atoms with E-state index in [1.807, 2.05) is 12.1 Å². The van der Waals surface area contributed by atoms with Crippen LogP contribution in [-0.2, 0) is 16.0 Å². The van der Waals surface area contributed by atoms with E-state index in [9.17, 15) is 14.4 Å². The summed E-state index contributed by atoms with van der Waals surface area (Å²) in [7, 11) is 0. The molecule has 1 aromatic heterocycles. The first-order valence-electron chi connectivity index (χ1n) is 8.21. The summed E-state index contributed by atoms with van der Waals surface area (Å²) in [6.45, 7) is 0. The zero-order chi connectivity index (χ0) is 17.2. The highest BCUT2D eigenvalue weighted by Gasteiger charge is 2.52. The lowest BCUT2D eigenvalue weighted by atomic mass is 9.82. The Hall–Kier alpha value is -1.41.